The minimum Gasteiger partial charge on any atom is -0.469 e. The zero-order valence-electron chi connectivity index (χ0n) is 11.7. The summed E-state index contributed by atoms with van der Waals surface area (Å²) in [5.74, 6) is -1.38. The molecule has 0 spiro atoms. The maximum absolute atomic E-state index is 13.1. The number of hydrogen-bond acceptors (Lipinski definition) is 5. The highest BCUT2D eigenvalue weighted by Crippen LogP contribution is 2.43. The van der Waals surface area contributed by atoms with Crippen molar-refractivity contribution in [3.63, 3.8) is 0 Å². The van der Waals surface area contributed by atoms with E-state index in [0.29, 0.717) is 5.56 Å². The van der Waals surface area contributed by atoms with Crippen molar-refractivity contribution in [2.75, 3.05) is 13.7 Å². The first-order chi connectivity index (χ1) is 10.4. The van der Waals surface area contributed by atoms with Crippen LogP contribution in [0.2, 0.25) is 0 Å². The second-order valence-corrected chi connectivity index (χ2v) is 5.11. The maximum atomic E-state index is 13.1. The van der Waals surface area contributed by atoms with Crippen molar-refractivity contribution in [1.29, 1.82) is 0 Å². The van der Waals surface area contributed by atoms with E-state index in [9.17, 15) is 18.4 Å². The summed E-state index contributed by atoms with van der Waals surface area (Å²) in [5, 5.41) is 0. The van der Waals surface area contributed by atoms with Gasteiger partial charge in [-0.25, -0.2) is 0 Å². The molecular weight excluding hydrogens is 300 g/mol. The summed E-state index contributed by atoms with van der Waals surface area (Å²) in [6.07, 6.45) is -3.66. The van der Waals surface area contributed by atoms with Crippen LogP contribution in [0.15, 0.2) is 18.2 Å². The second kappa shape index (κ2) is 5.11. The highest BCUT2D eigenvalue weighted by molar-refractivity contribution is 5.86. The van der Waals surface area contributed by atoms with E-state index in [1.54, 1.807) is 6.07 Å². The molecule has 0 radical (unpaired) electrons. The van der Waals surface area contributed by atoms with Gasteiger partial charge < -0.3 is 19.1 Å². The lowest BCUT2D eigenvalue weighted by Crippen LogP contribution is -2.27. The summed E-state index contributed by atoms with van der Waals surface area (Å²) in [4.78, 5) is 24.8. The van der Waals surface area contributed by atoms with Gasteiger partial charge in [0.1, 0.15) is 0 Å². The molecule has 0 aliphatic carbocycles. The lowest BCUT2D eigenvalue weighted by Gasteiger charge is -2.17. The Balaban J connectivity index is 1.77. The van der Waals surface area contributed by atoms with Crippen molar-refractivity contribution in [3.8, 4) is 11.5 Å². The van der Waals surface area contributed by atoms with Crippen LogP contribution in [0, 0.1) is 5.92 Å². The zero-order chi connectivity index (χ0) is 15.9. The van der Waals surface area contributed by atoms with Crippen molar-refractivity contribution >= 4 is 11.9 Å². The number of carbonyl (C=O) groups excluding carboxylic acids is 2. The molecule has 118 valence electrons. The number of rotatable bonds is 3. The quantitative estimate of drug-likeness (QED) is 0.792. The smallest absolute Gasteiger partial charge is 0.469 e. The second-order valence-electron chi connectivity index (χ2n) is 5.11. The summed E-state index contributed by atoms with van der Waals surface area (Å²) in [6, 6.07) is 4.47. The molecule has 1 unspecified atom stereocenters. The van der Waals surface area contributed by atoms with E-state index in [1.165, 1.54) is 24.1 Å². The molecule has 22 heavy (non-hydrogen) atoms. The number of likely N-dealkylation sites (tertiary alicyclic amines) is 1. The van der Waals surface area contributed by atoms with Gasteiger partial charge in [-0.05, 0) is 6.07 Å². The van der Waals surface area contributed by atoms with E-state index in [2.05, 4.69) is 14.2 Å². The fourth-order valence-corrected chi connectivity index (χ4v) is 2.60. The monoisotopic (exact) mass is 313 g/mol. The van der Waals surface area contributed by atoms with Crippen LogP contribution in [-0.2, 0) is 20.9 Å². The van der Waals surface area contributed by atoms with Crippen LogP contribution in [0.3, 0.4) is 0 Å². The van der Waals surface area contributed by atoms with Gasteiger partial charge >= 0.3 is 12.3 Å². The molecule has 0 aromatic heterocycles. The van der Waals surface area contributed by atoms with Crippen LogP contribution in [0.5, 0.6) is 11.5 Å². The molecular formula is C14H13F2NO5. The Bertz CT molecular complexity index is 634. The SMILES string of the molecule is COC(=O)C1CC(=O)N(Cc2cccc3c2OC(F)(F)O3)C1. The number of amides is 1. The molecule has 1 aromatic rings. The van der Waals surface area contributed by atoms with Crippen LogP contribution < -0.4 is 9.47 Å². The van der Waals surface area contributed by atoms with E-state index in [-0.39, 0.29) is 36.9 Å². The van der Waals surface area contributed by atoms with Crippen molar-refractivity contribution < 1.29 is 32.6 Å². The van der Waals surface area contributed by atoms with E-state index in [4.69, 9.17) is 0 Å². The first-order valence-corrected chi connectivity index (χ1v) is 6.63. The Labute approximate surface area is 124 Å². The number of hydrogen-bond donors (Lipinski definition) is 0. The molecule has 2 aliphatic heterocycles. The van der Waals surface area contributed by atoms with Gasteiger partial charge in [-0.2, -0.15) is 0 Å². The Morgan fingerprint density at radius 3 is 2.95 bits per heavy atom. The van der Waals surface area contributed by atoms with Crippen LogP contribution in [-0.4, -0.2) is 36.7 Å². The van der Waals surface area contributed by atoms with Crippen LogP contribution in [0.4, 0.5) is 8.78 Å². The highest BCUT2D eigenvalue weighted by atomic mass is 19.3. The van der Waals surface area contributed by atoms with Crippen LogP contribution in [0.1, 0.15) is 12.0 Å². The number of nitrogens with zero attached hydrogens (tertiary/aromatic N) is 1. The number of alkyl halides is 2. The van der Waals surface area contributed by atoms with Crippen molar-refractivity contribution in [2.45, 2.75) is 19.3 Å². The van der Waals surface area contributed by atoms with Gasteiger partial charge in [-0.15, -0.1) is 8.78 Å². The maximum Gasteiger partial charge on any atom is 0.586 e. The largest absolute Gasteiger partial charge is 0.586 e. The first kappa shape index (κ1) is 14.6. The van der Waals surface area contributed by atoms with Gasteiger partial charge in [0.15, 0.2) is 11.5 Å². The lowest BCUT2D eigenvalue weighted by molar-refractivity contribution is -0.287. The molecule has 1 saturated heterocycles. The third-order valence-electron chi connectivity index (χ3n) is 3.62. The average Bonchev–Trinajstić information content (AvgIpc) is 2.97. The number of fused-ring (bicyclic) bond motifs is 1. The highest BCUT2D eigenvalue weighted by Gasteiger charge is 2.45. The minimum absolute atomic E-state index is 0.0508. The fraction of sp³-hybridized carbons (Fsp3) is 0.429. The van der Waals surface area contributed by atoms with E-state index in [1.807, 2.05) is 0 Å². The zero-order valence-corrected chi connectivity index (χ0v) is 11.7. The van der Waals surface area contributed by atoms with Gasteiger partial charge in [0.05, 0.1) is 13.0 Å². The van der Waals surface area contributed by atoms with Crippen molar-refractivity contribution in [3.05, 3.63) is 23.8 Å². The van der Waals surface area contributed by atoms with Crippen molar-refractivity contribution in [1.82, 2.24) is 4.90 Å². The Hall–Kier alpha value is -2.38. The molecule has 2 heterocycles. The average molecular weight is 313 g/mol. The Kier molecular flexibility index (Phi) is 3.38. The number of carbonyl (C=O) groups is 2. The summed E-state index contributed by atoms with van der Waals surface area (Å²) in [5.41, 5.74) is 0.397. The number of esters is 1. The number of para-hydroxylation sites is 1. The van der Waals surface area contributed by atoms with Crippen molar-refractivity contribution in [2.24, 2.45) is 5.92 Å². The first-order valence-electron chi connectivity index (χ1n) is 6.63. The number of ether oxygens (including phenoxy) is 3. The summed E-state index contributed by atoms with van der Waals surface area (Å²) in [7, 11) is 1.26. The molecule has 1 atom stereocenters. The minimum atomic E-state index is -3.71. The third kappa shape index (κ3) is 2.56. The molecule has 3 rings (SSSR count). The molecule has 1 aromatic carbocycles. The van der Waals surface area contributed by atoms with Crippen LogP contribution in [0.25, 0.3) is 0 Å². The number of methoxy groups -OCH3 is 1. The molecule has 6 nitrogen and oxygen atoms in total. The molecule has 1 fully saturated rings. The summed E-state index contributed by atoms with van der Waals surface area (Å²) < 4.78 is 39.7. The predicted octanol–water partition coefficient (Wildman–Crippen LogP) is 1.53. The van der Waals surface area contributed by atoms with Gasteiger partial charge in [-0.3, -0.25) is 9.59 Å². The van der Waals surface area contributed by atoms with E-state index < -0.39 is 18.2 Å². The predicted molar refractivity (Wildman–Crippen MR) is 68.2 cm³/mol. The topological polar surface area (TPSA) is 65.1 Å². The number of benzene rings is 1. The van der Waals surface area contributed by atoms with Crippen LogP contribution >= 0.6 is 0 Å². The molecule has 2 aliphatic rings. The molecule has 0 bridgehead atoms. The van der Waals surface area contributed by atoms with Gasteiger partial charge in [0.25, 0.3) is 0 Å². The fourth-order valence-electron chi connectivity index (χ4n) is 2.60. The molecule has 8 heteroatoms. The summed E-state index contributed by atoms with van der Waals surface area (Å²) in [6.45, 7) is 0.251. The van der Waals surface area contributed by atoms with Gasteiger partial charge in [0, 0.05) is 25.1 Å². The lowest BCUT2D eigenvalue weighted by atomic mass is 10.1. The summed E-state index contributed by atoms with van der Waals surface area (Å²) >= 11 is 0. The van der Waals surface area contributed by atoms with E-state index >= 15 is 0 Å². The molecule has 0 saturated carbocycles. The third-order valence-corrected chi connectivity index (χ3v) is 3.62. The number of halogens is 2. The van der Waals surface area contributed by atoms with Gasteiger partial charge in [0.2, 0.25) is 5.91 Å². The Morgan fingerprint density at radius 2 is 2.23 bits per heavy atom. The Morgan fingerprint density at radius 1 is 1.45 bits per heavy atom. The van der Waals surface area contributed by atoms with Gasteiger partial charge in [-0.1, -0.05) is 12.1 Å². The molecule has 1 amide bonds. The van der Waals surface area contributed by atoms with E-state index in [0.717, 1.165) is 0 Å². The normalized spacial score (nSPS) is 22.0. The standard InChI is InChI=1S/C14H13F2NO5/c1-20-13(19)9-5-11(18)17(7-9)6-8-3-2-4-10-12(8)22-14(15,16)21-10/h2-4,9H,5-7H2,1H3. The molecule has 0 N–H and O–H groups in total.